The van der Waals surface area contributed by atoms with Gasteiger partial charge >= 0.3 is 5.97 Å². The first-order chi connectivity index (χ1) is 21.7. The van der Waals surface area contributed by atoms with Crippen LogP contribution < -0.4 is 20.7 Å². The van der Waals surface area contributed by atoms with Crippen molar-refractivity contribution >= 4 is 64.5 Å². The van der Waals surface area contributed by atoms with Gasteiger partial charge in [0.25, 0.3) is 11.8 Å². The zero-order valence-corrected chi connectivity index (χ0v) is 25.9. The van der Waals surface area contributed by atoms with E-state index in [4.69, 9.17) is 16.3 Å². The van der Waals surface area contributed by atoms with Crippen molar-refractivity contribution in [3.63, 3.8) is 0 Å². The van der Waals surface area contributed by atoms with E-state index < -0.39 is 23.0 Å². The first-order valence-electron chi connectivity index (χ1n) is 13.8. The number of rotatable bonds is 12. The van der Waals surface area contributed by atoms with Crippen molar-refractivity contribution in [1.82, 2.24) is 5.32 Å². The summed E-state index contributed by atoms with van der Waals surface area (Å²) in [6, 6.07) is 26.7. The molecule has 1 atom stereocenters. The highest BCUT2D eigenvalue weighted by Crippen LogP contribution is 2.30. The maximum absolute atomic E-state index is 13.5. The Morgan fingerprint density at radius 3 is 2.33 bits per heavy atom. The molecule has 0 heterocycles. The fourth-order valence-corrected chi connectivity index (χ4v) is 5.36. The highest BCUT2D eigenvalue weighted by atomic mass is 35.5. The van der Waals surface area contributed by atoms with Crippen LogP contribution in [0, 0.1) is 0 Å². The molecule has 3 amide bonds. The number of carboxylic acids is 1. The van der Waals surface area contributed by atoms with E-state index in [-0.39, 0.29) is 27.9 Å². The number of methoxy groups -OCH3 is 1. The number of thioether (sulfide) groups is 1. The largest absolute Gasteiger partial charge is 0.496 e. The van der Waals surface area contributed by atoms with Crippen molar-refractivity contribution in [2.45, 2.75) is 23.5 Å². The quantitative estimate of drug-likeness (QED) is 0.0968. The summed E-state index contributed by atoms with van der Waals surface area (Å²) in [6.07, 6.45) is 2.00. The molecule has 0 radical (unpaired) electrons. The Hall–Kier alpha value is -5.06. The highest BCUT2D eigenvalue weighted by molar-refractivity contribution is 8.00. The van der Waals surface area contributed by atoms with Gasteiger partial charge in [-0.15, -0.1) is 11.8 Å². The molecule has 0 saturated carbocycles. The number of hydrogen-bond donors (Lipinski definition) is 4. The second kappa shape index (κ2) is 15.6. The number of amides is 3. The Morgan fingerprint density at radius 1 is 0.889 bits per heavy atom. The van der Waals surface area contributed by atoms with E-state index in [0.29, 0.717) is 33.9 Å². The summed E-state index contributed by atoms with van der Waals surface area (Å²) in [6.45, 7) is 1.85. The van der Waals surface area contributed by atoms with Gasteiger partial charge in [-0.25, -0.2) is 4.79 Å². The lowest BCUT2D eigenvalue weighted by Gasteiger charge is -2.17. The van der Waals surface area contributed by atoms with E-state index in [9.17, 15) is 24.3 Å². The lowest BCUT2D eigenvalue weighted by Crippen LogP contribution is -2.30. The minimum Gasteiger partial charge on any atom is -0.496 e. The number of ether oxygens (including phenoxy) is 1. The van der Waals surface area contributed by atoms with Gasteiger partial charge in [-0.1, -0.05) is 61.0 Å². The van der Waals surface area contributed by atoms with Crippen LogP contribution >= 0.6 is 23.4 Å². The van der Waals surface area contributed by atoms with Crippen molar-refractivity contribution < 1.29 is 29.0 Å². The number of hydrogen-bond acceptors (Lipinski definition) is 6. The first-order valence-corrected chi connectivity index (χ1v) is 15.1. The Morgan fingerprint density at radius 2 is 1.62 bits per heavy atom. The Bertz CT molecular complexity index is 1750. The SMILES string of the molecule is CCC(Sc1cccc(NC(=O)/C(=C\c2ccccc2OC)NC(=O)c2ccccc2)c1)C(=O)Nc1cc(C(=O)O)ccc1Cl. The fraction of sp³-hybridized carbons (Fsp3) is 0.118. The molecule has 0 aliphatic heterocycles. The molecule has 0 aromatic heterocycles. The Labute approximate surface area is 269 Å². The van der Waals surface area contributed by atoms with Crippen molar-refractivity contribution in [2.75, 3.05) is 17.7 Å². The Balaban J connectivity index is 1.53. The van der Waals surface area contributed by atoms with E-state index in [2.05, 4.69) is 16.0 Å². The topological polar surface area (TPSA) is 134 Å². The number of aromatic carboxylic acids is 1. The number of carbonyl (C=O) groups excluding carboxylic acids is 3. The maximum atomic E-state index is 13.5. The molecule has 4 rings (SSSR count). The average Bonchev–Trinajstić information content (AvgIpc) is 3.04. The van der Waals surface area contributed by atoms with Gasteiger partial charge in [0.05, 0.1) is 28.6 Å². The summed E-state index contributed by atoms with van der Waals surface area (Å²) in [5.41, 5.74) is 1.62. The standard InChI is InChI=1S/C34H30ClN3O6S/c1-3-30(33(41)37-27-19-23(34(42)43)16-17-26(27)35)45-25-14-9-13-24(20-25)36-32(40)28(18-22-12-7-8-15-29(22)44-2)38-31(39)21-10-5-4-6-11-21/h4-20,30H,3H2,1-2H3,(H,36,40)(H,37,41)(H,38,39)(H,42,43)/b28-18+. The molecule has 9 nitrogen and oxygen atoms in total. The molecule has 0 spiro atoms. The summed E-state index contributed by atoms with van der Waals surface area (Å²) < 4.78 is 5.42. The van der Waals surface area contributed by atoms with Gasteiger partial charge in [-0.05, 0) is 67.1 Å². The van der Waals surface area contributed by atoms with Crippen LogP contribution in [0.5, 0.6) is 5.75 Å². The summed E-state index contributed by atoms with van der Waals surface area (Å²) >= 11 is 7.46. The molecule has 0 fully saturated rings. The van der Waals surface area contributed by atoms with E-state index in [0.717, 1.165) is 0 Å². The maximum Gasteiger partial charge on any atom is 0.335 e. The van der Waals surface area contributed by atoms with Gasteiger partial charge in [0.15, 0.2) is 0 Å². The summed E-state index contributed by atoms with van der Waals surface area (Å²) in [4.78, 5) is 51.7. The molecule has 1 unspecified atom stereocenters. The van der Waals surface area contributed by atoms with Crippen molar-refractivity contribution in [1.29, 1.82) is 0 Å². The number of anilines is 2. The smallest absolute Gasteiger partial charge is 0.335 e. The summed E-state index contributed by atoms with van der Waals surface area (Å²) in [5.74, 6) is -1.99. The minimum absolute atomic E-state index is 0.00192. The summed E-state index contributed by atoms with van der Waals surface area (Å²) in [7, 11) is 1.52. The van der Waals surface area contributed by atoms with Crippen molar-refractivity contribution in [3.8, 4) is 5.75 Å². The van der Waals surface area contributed by atoms with Crippen LogP contribution in [0.25, 0.3) is 6.08 Å². The number of halogens is 1. The molecular formula is C34H30ClN3O6S. The zero-order chi connectivity index (χ0) is 32.3. The number of nitrogens with one attached hydrogen (secondary N) is 3. The monoisotopic (exact) mass is 643 g/mol. The molecule has 230 valence electrons. The second-order valence-electron chi connectivity index (χ2n) is 9.61. The molecule has 4 aromatic carbocycles. The molecule has 4 aromatic rings. The normalized spacial score (nSPS) is 11.7. The van der Waals surface area contributed by atoms with E-state index in [1.54, 1.807) is 78.9 Å². The van der Waals surface area contributed by atoms with Crippen molar-refractivity contribution in [2.24, 2.45) is 0 Å². The molecule has 11 heteroatoms. The summed E-state index contributed by atoms with van der Waals surface area (Å²) in [5, 5.41) is 17.2. The van der Waals surface area contributed by atoms with Gasteiger partial charge in [-0.3, -0.25) is 14.4 Å². The third-order valence-electron chi connectivity index (χ3n) is 6.47. The van der Waals surface area contributed by atoms with Crippen LogP contribution in [0.1, 0.15) is 39.6 Å². The van der Waals surface area contributed by atoms with Crippen LogP contribution in [0.15, 0.2) is 108 Å². The van der Waals surface area contributed by atoms with Gasteiger partial charge in [0.1, 0.15) is 11.4 Å². The fourth-order valence-electron chi connectivity index (χ4n) is 4.18. The third-order valence-corrected chi connectivity index (χ3v) is 8.16. The predicted molar refractivity (Wildman–Crippen MR) is 177 cm³/mol. The molecule has 0 aliphatic carbocycles. The highest BCUT2D eigenvalue weighted by Gasteiger charge is 2.21. The van der Waals surface area contributed by atoms with Crippen LogP contribution in [0.3, 0.4) is 0 Å². The second-order valence-corrected chi connectivity index (χ2v) is 11.3. The van der Waals surface area contributed by atoms with Crippen LogP contribution in [0.2, 0.25) is 5.02 Å². The van der Waals surface area contributed by atoms with Gasteiger partial charge in [-0.2, -0.15) is 0 Å². The number of benzene rings is 4. The van der Waals surface area contributed by atoms with E-state index >= 15 is 0 Å². The van der Waals surface area contributed by atoms with Gasteiger partial charge < -0.3 is 25.8 Å². The molecular weight excluding hydrogens is 614 g/mol. The minimum atomic E-state index is -1.14. The lowest BCUT2D eigenvalue weighted by atomic mass is 10.1. The molecule has 45 heavy (non-hydrogen) atoms. The number of carboxylic acid groups (broad SMARTS) is 1. The van der Waals surface area contributed by atoms with Crippen LogP contribution in [-0.4, -0.2) is 41.2 Å². The van der Waals surface area contributed by atoms with Gasteiger partial charge in [0, 0.05) is 21.7 Å². The molecule has 4 N–H and O–H groups in total. The Kier molecular flexibility index (Phi) is 11.4. The number of carbonyl (C=O) groups is 4. The lowest BCUT2D eigenvalue weighted by molar-refractivity contribution is -0.116. The third kappa shape index (κ3) is 8.98. The van der Waals surface area contributed by atoms with Crippen LogP contribution in [0.4, 0.5) is 11.4 Å². The zero-order valence-electron chi connectivity index (χ0n) is 24.4. The average molecular weight is 644 g/mol. The molecule has 0 saturated heterocycles. The predicted octanol–water partition coefficient (Wildman–Crippen LogP) is 6.97. The van der Waals surface area contributed by atoms with Crippen LogP contribution in [-0.2, 0) is 9.59 Å². The van der Waals surface area contributed by atoms with Gasteiger partial charge in [0.2, 0.25) is 5.91 Å². The first kappa shape index (κ1) is 32.8. The van der Waals surface area contributed by atoms with Crippen molar-refractivity contribution in [3.05, 3.63) is 124 Å². The molecule has 0 bridgehead atoms. The van der Waals surface area contributed by atoms with E-state index in [1.807, 2.05) is 6.92 Å². The number of para-hydroxylation sites is 1. The van der Waals surface area contributed by atoms with E-state index in [1.165, 1.54) is 43.1 Å². The molecule has 0 aliphatic rings.